The highest BCUT2D eigenvalue weighted by molar-refractivity contribution is 9.10. The molecule has 2 rings (SSSR count). The average molecular weight is 404 g/mol. The molecule has 1 unspecified atom stereocenters. The Bertz CT molecular complexity index is 593. The van der Waals surface area contributed by atoms with Crippen LogP contribution in [0.4, 0.5) is 0 Å². The van der Waals surface area contributed by atoms with Gasteiger partial charge in [-0.15, -0.1) is 12.4 Å². The standard InChI is InChI=1S/C12H16BrClN2O2S.ClH/c1-12(7-15,8-2-3-8)16-19(17,18)9-4-5-11(14)10(13)6-9;/h4-6,8,16H,2-3,7,15H2,1H3;1H. The van der Waals surface area contributed by atoms with E-state index in [0.29, 0.717) is 15.4 Å². The summed E-state index contributed by atoms with van der Waals surface area (Å²) >= 11 is 9.10. The fourth-order valence-electron chi connectivity index (χ4n) is 2.02. The molecule has 1 saturated carbocycles. The molecular weight excluding hydrogens is 387 g/mol. The first kappa shape index (κ1) is 18.2. The SMILES string of the molecule is CC(CN)(NS(=O)(=O)c1ccc(Cl)c(Br)c1)C1CC1.Cl. The Morgan fingerprint density at radius 3 is 2.55 bits per heavy atom. The summed E-state index contributed by atoms with van der Waals surface area (Å²) in [5, 5.41) is 0.475. The molecule has 3 N–H and O–H groups in total. The fraction of sp³-hybridized carbons (Fsp3) is 0.500. The van der Waals surface area contributed by atoms with E-state index < -0.39 is 15.6 Å². The summed E-state index contributed by atoms with van der Waals surface area (Å²) in [6, 6.07) is 4.53. The van der Waals surface area contributed by atoms with E-state index in [2.05, 4.69) is 20.7 Å². The summed E-state index contributed by atoms with van der Waals surface area (Å²) in [5.74, 6) is 0.322. The van der Waals surface area contributed by atoms with Gasteiger partial charge < -0.3 is 5.73 Å². The molecule has 4 nitrogen and oxygen atoms in total. The van der Waals surface area contributed by atoms with Gasteiger partial charge in [0.15, 0.2) is 0 Å². The third-order valence-corrected chi connectivity index (χ3v) is 6.29. The van der Waals surface area contributed by atoms with Crippen LogP contribution in [-0.4, -0.2) is 20.5 Å². The first-order valence-corrected chi connectivity index (χ1v) is 8.63. The van der Waals surface area contributed by atoms with Crippen molar-refractivity contribution >= 4 is 50.0 Å². The normalized spacial score (nSPS) is 18.2. The van der Waals surface area contributed by atoms with Crippen LogP contribution in [-0.2, 0) is 10.0 Å². The van der Waals surface area contributed by atoms with Gasteiger partial charge >= 0.3 is 0 Å². The highest BCUT2D eigenvalue weighted by atomic mass is 79.9. The molecule has 8 heteroatoms. The Hall–Kier alpha value is 0.150. The van der Waals surface area contributed by atoms with Crippen molar-refractivity contribution in [1.82, 2.24) is 4.72 Å². The number of nitrogens with two attached hydrogens (primary N) is 1. The van der Waals surface area contributed by atoms with E-state index in [9.17, 15) is 8.42 Å². The van der Waals surface area contributed by atoms with Gasteiger partial charge in [0.25, 0.3) is 0 Å². The molecule has 0 spiro atoms. The quantitative estimate of drug-likeness (QED) is 0.793. The predicted octanol–water partition coefficient (Wildman–Crippen LogP) is 2.93. The second-order valence-electron chi connectivity index (χ2n) is 5.08. The molecule has 114 valence electrons. The molecule has 0 amide bonds. The number of sulfonamides is 1. The fourth-order valence-corrected chi connectivity index (χ4v) is 4.17. The lowest BCUT2D eigenvalue weighted by atomic mass is 9.98. The molecule has 1 atom stereocenters. The molecule has 0 bridgehead atoms. The molecular formula is C12H17BrCl2N2O2S. The molecule has 0 saturated heterocycles. The van der Waals surface area contributed by atoms with Gasteiger partial charge in [-0.25, -0.2) is 13.1 Å². The minimum absolute atomic E-state index is 0. The number of hydrogen-bond donors (Lipinski definition) is 2. The zero-order valence-electron chi connectivity index (χ0n) is 10.9. The van der Waals surface area contributed by atoms with E-state index in [4.69, 9.17) is 17.3 Å². The number of benzene rings is 1. The van der Waals surface area contributed by atoms with E-state index in [1.165, 1.54) is 12.1 Å². The van der Waals surface area contributed by atoms with Crippen molar-refractivity contribution in [3.05, 3.63) is 27.7 Å². The van der Waals surface area contributed by atoms with Gasteiger partial charge in [0.1, 0.15) is 0 Å². The third-order valence-electron chi connectivity index (χ3n) is 3.47. The lowest BCUT2D eigenvalue weighted by Crippen LogP contribution is -2.52. The first-order chi connectivity index (χ1) is 8.78. The van der Waals surface area contributed by atoms with Gasteiger partial charge in [0.05, 0.1) is 9.92 Å². The molecule has 1 aromatic rings. The van der Waals surface area contributed by atoms with Gasteiger partial charge in [-0.1, -0.05) is 11.6 Å². The Morgan fingerprint density at radius 1 is 1.50 bits per heavy atom. The molecule has 0 radical (unpaired) electrons. The Kier molecular flexibility index (Phi) is 5.92. The summed E-state index contributed by atoms with van der Waals surface area (Å²) in [7, 11) is -3.59. The summed E-state index contributed by atoms with van der Waals surface area (Å²) in [4.78, 5) is 0.184. The molecule has 0 heterocycles. The molecule has 1 fully saturated rings. The second kappa shape index (κ2) is 6.50. The topological polar surface area (TPSA) is 72.2 Å². The molecule has 1 aliphatic carbocycles. The summed E-state index contributed by atoms with van der Waals surface area (Å²) < 4.78 is 28.0. The van der Waals surface area contributed by atoms with Crippen molar-refractivity contribution in [2.45, 2.75) is 30.2 Å². The van der Waals surface area contributed by atoms with Crippen LogP contribution in [0.3, 0.4) is 0 Å². The van der Waals surface area contributed by atoms with E-state index in [0.717, 1.165) is 12.8 Å². The van der Waals surface area contributed by atoms with Crippen LogP contribution >= 0.6 is 39.9 Å². The van der Waals surface area contributed by atoms with Crippen molar-refractivity contribution in [3.8, 4) is 0 Å². The lowest BCUT2D eigenvalue weighted by Gasteiger charge is -2.29. The van der Waals surface area contributed by atoms with E-state index in [1.807, 2.05) is 6.92 Å². The van der Waals surface area contributed by atoms with Crippen LogP contribution in [0.15, 0.2) is 27.6 Å². The van der Waals surface area contributed by atoms with Crippen LogP contribution < -0.4 is 10.5 Å². The van der Waals surface area contributed by atoms with Crippen LogP contribution in [0.2, 0.25) is 5.02 Å². The van der Waals surface area contributed by atoms with Gasteiger partial charge in [-0.2, -0.15) is 0 Å². The van der Waals surface area contributed by atoms with Gasteiger partial charge in [-0.3, -0.25) is 0 Å². The van der Waals surface area contributed by atoms with Crippen molar-refractivity contribution in [2.75, 3.05) is 6.54 Å². The number of hydrogen-bond acceptors (Lipinski definition) is 3. The highest BCUT2D eigenvalue weighted by Crippen LogP contribution is 2.39. The van der Waals surface area contributed by atoms with E-state index in [-0.39, 0.29) is 23.8 Å². The minimum Gasteiger partial charge on any atom is -0.329 e. The maximum atomic E-state index is 12.4. The number of nitrogens with one attached hydrogen (secondary N) is 1. The minimum atomic E-state index is -3.59. The van der Waals surface area contributed by atoms with Crippen molar-refractivity contribution in [2.24, 2.45) is 11.7 Å². The Labute approximate surface area is 139 Å². The zero-order valence-corrected chi connectivity index (χ0v) is 14.9. The van der Waals surface area contributed by atoms with Crippen LogP contribution in [0.1, 0.15) is 19.8 Å². The van der Waals surface area contributed by atoms with E-state index in [1.54, 1.807) is 6.07 Å². The maximum Gasteiger partial charge on any atom is 0.241 e. The molecule has 0 aliphatic heterocycles. The third kappa shape index (κ3) is 3.87. The summed E-state index contributed by atoms with van der Waals surface area (Å²) in [5.41, 5.74) is 5.15. The Morgan fingerprint density at radius 2 is 2.10 bits per heavy atom. The van der Waals surface area contributed by atoms with Gasteiger partial charge in [0.2, 0.25) is 10.0 Å². The monoisotopic (exact) mass is 402 g/mol. The highest BCUT2D eigenvalue weighted by Gasteiger charge is 2.43. The largest absolute Gasteiger partial charge is 0.329 e. The zero-order chi connectivity index (χ0) is 14.3. The van der Waals surface area contributed by atoms with Crippen molar-refractivity contribution in [3.63, 3.8) is 0 Å². The maximum absolute atomic E-state index is 12.4. The summed E-state index contributed by atoms with van der Waals surface area (Å²) in [6.07, 6.45) is 2.03. The lowest BCUT2D eigenvalue weighted by molar-refractivity contribution is 0.374. The van der Waals surface area contributed by atoms with Gasteiger partial charge in [-0.05, 0) is 59.8 Å². The number of rotatable bonds is 5. The van der Waals surface area contributed by atoms with Crippen LogP contribution in [0, 0.1) is 5.92 Å². The van der Waals surface area contributed by atoms with Crippen LogP contribution in [0.25, 0.3) is 0 Å². The molecule has 20 heavy (non-hydrogen) atoms. The van der Waals surface area contributed by atoms with Crippen molar-refractivity contribution < 1.29 is 8.42 Å². The van der Waals surface area contributed by atoms with Crippen LogP contribution in [0.5, 0.6) is 0 Å². The average Bonchev–Trinajstić information content (AvgIpc) is 3.16. The molecule has 1 aliphatic rings. The predicted molar refractivity (Wildman–Crippen MR) is 86.9 cm³/mol. The second-order valence-corrected chi connectivity index (χ2v) is 8.02. The summed E-state index contributed by atoms with van der Waals surface area (Å²) in [6.45, 7) is 2.14. The smallest absolute Gasteiger partial charge is 0.241 e. The van der Waals surface area contributed by atoms with Crippen molar-refractivity contribution in [1.29, 1.82) is 0 Å². The number of halogens is 3. The van der Waals surface area contributed by atoms with E-state index >= 15 is 0 Å². The van der Waals surface area contributed by atoms with Gasteiger partial charge in [0, 0.05) is 16.6 Å². The molecule has 0 aromatic heterocycles. The first-order valence-electron chi connectivity index (χ1n) is 5.97. The Balaban J connectivity index is 0.00000200. The molecule has 1 aromatic carbocycles.